The van der Waals surface area contributed by atoms with E-state index < -0.39 is 0 Å². The van der Waals surface area contributed by atoms with Crippen molar-refractivity contribution >= 4 is 23.4 Å². The van der Waals surface area contributed by atoms with Gasteiger partial charge in [-0.25, -0.2) is 0 Å². The van der Waals surface area contributed by atoms with Gasteiger partial charge in [-0.1, -0.05) is 59.8 Å². The van der Waals surface area contributed by atoms with E-state index in [-0.39, 0.29) is 11.7 Å². The van der Waals surface area contributed by atoms with Crippen molar-refractivity contribution in [1.29, 1.82) is 0 Å². The van der Waals surface area contributed by atoms with Gasteiger partial charge in [0.15, 0.2) is 11.0 Å². The van der Waals surface area contributed by atoms with E-state index >= 15 is 0 Å². The van der Waals surface area contributed by atoms with Crippen molar-refractivity contribution in [2.75, 3.05) is 24.8 Å². The highest BCUT2D eigenvalue weighted by molar-refractivity contribution is 7.99. The maximum atomic E-state index is 12.8. The van der Waals surface area contributed by atoms with Crippen LogP contribution >= 0.6 is 11.8 Å². The van der Waals surface area contributed by atoms with Gasteiger partial charge in [0.25, 0.3) is 0 Å². The lowest BCUT2D eigenvalue weighted by Crippen LogP contribution is -2.27. The monoisotopic (exact) mass is 444 g/mol. The third kappa shape index (κ3) is 4.53. The summed E-state index contributed by atoms with van der Waals surface area (Å²) in [6.45, 7) is 2.05. The first-order chi connectivity index (χ1) is 15.6. The first kappa shape index (κ1) is 21.6. The van der Waals surface area contributed by atoms with Crippen LogP contribution in [0.5, 0.6) is 5.75 Å². The first-order valence-electron chi connectivity index (χ1n) is 10.2. The Morgan fingerprint density at radius 1 is 0.969 bits per heavy atom. The minimum atomic E-state index is -0.0153. The minimum absolute atomic E-state index is 0.0153. The minimum Gasteiger partial charge on any atom is -0.496 e. The number of aryl methyl sites for hydroxylation is 1. The number of nitrogens with zero attached hydrogens (tertiary/aromatic N) is 4. The number of para-hydroxylation sites is 2. The molecule has 0 bridgehead atoms. The largest absolute Gasteiger partial charge is 0.496 e. The molecule has 0 radical (unpaired) electrons. The Balaban J connectivity index is 1.67. The number of thioether (sulfide) groups is 1. The Morgan fingerprint density at radius 2 is 1.66 bits per heavy atom. The maximum absolute atomic E-state index is 12.8. The summed E-state index contributed by atoms with van der Waals surface area (Å²) in [5.74, 6) is 1.60. The molecule has 0 atom stereocenters. The zero-order chi connectivity index (χ0) is 22.5. The van der Waals surface area contributed by atoms with E-state index in [0.717, 1.165) is 22.5 Å². The zero-order valence-corrected chi connectivity index (χ0v) is 19.0. The molecular weight excluding hydrogens is 420 g/mol. The molecule has 32 heavy (non-hydrogen) atoms. The highest BCUT2D eigenvalue weighted by Gasteiger charge is 2.20. The van der Waals surface area contributed by atoms with Crippen LogP contribution in [0.2, 0.25) is 0 Å². The molecule has 3 aromatic carbocycles. The Kier molecular flexibility index (Phi) is 6.56. The SMILES string of the molecule is COc1ccccc1-c1nnc(SCC(=O)N(C)c2ccccc2)n1-c1ccc(C)cc1. The molecule has 1 heterocycles. The number of anilines is 1. The van der Waals surface area contributed by atoms with Crippen LogP contribution in [0.25, 0.3) is 17.1 Å². The van der Waals surface area contributed by atoms with E-state index in [1.165, 1.54) is 11.8 Å². The molecule has 0 N–H and O–H groups in total. The number of methoxy groups -OCH3 is 1. The highest BCUT2D eigenvalue weighted by atomic mass is 32.2. The predicted octanol–water partition coefficient (Wildman–Crippen LogP) is 5.01. The molecular formula is C25H24N4O2S. The molecule has 0 fully saturated rings. The molecule has 162 valence electrons. The van der Waals surface area contributed by atoms with Crippen molar-refractivity contribution in [3.63, 3.8) is 0 Å². The van der Waals surface area contributed by atoms with E-state index in [1.54, 1.807) is 19.1 Å². The van der Waals surface area contributed by atoms with Crippen LogP contribution in [0.3, 0.4) is 0 Å². The molecule has 1 amide bonds. The van der Waals surface area contributed by atoms with Gasteiger partial charge in [-0.2, -0.15) is 0 Å². The number of carbonyl (C=O) groups excluding carboxylic acids is 1. The summed E-state index contributed by atoms with van der Waals surface area (Å²) in [6, 6.07) is 25.5. The summed E-state index contributed by atoms with van der Waals surface area (Å²) < 4.78 is 7.52. The zero-order valence-electron chi connectivity index (χ0n) is 18.2. The highest BCUT2D eigenvalue weighted by Crippen LogP contribution is 2.33. The number of amides is 1. The molecule has 0 spiro atoms. The van der Waals surface area contributed by atoms with Crippen molar-refractivity contribution in [1.82, 2.24) is 14.8 Å². The fraction of sp³-hybridized carbons (Fsp3) is 0.160. The van der Waals surface area contributed by atoms with Crippen LogP contribution < -0.4 is 9.64 Å². The molecule has 4 rings (SSSR count). The summed E-state index contributed by atoms with van der Waals surface area (Å²) in [6.07, 6.45) is 0. The standard InChI is InChI=1S/C25H24N4O2S/c1-18-13-15-20(16-14-18)29-24(21-11-7-8-12-22(21)31-3)26-27-25(29)32-17-23(30)28(2)19-9-5-4-6-10-19/h4-16H,17H2,1-3H3. The predicted molar refractivity (Wildman–Crippen MR) is 129 cm³/mol. The Bertz CT molecular complexity index is 1210. The summed E-state index contributed by atoms with van der Waals surface area (Å²) in [5, 5.41) is 9.53. The third-order valence-corrected chi connectivity index (χ3v) is 6.03. The number of aromatic nitrogens is 3. The second kappa shape index (κ2) is 9.70. The lowest BCUT2D eigenvalue weighted by molar-refractivity contribution is -0.115. The average molecular weight is 445 g/mol. The molecule has 0 unspecified atom stereocenters. The van der Waals surface area contributed by atoms with E-state index in [9.17, 15) is 4.79 Å². The van der Waals surface area contributed by atoms with E-state index in [1.807, 2.05) is 90.4 Å². The average Bonchev–Trinajstić information content (AvgIpc) is 3.26. The van der Waals surface area contributed by atoms with Crippen LogP contribution in [0, 0.1) is 6.92 Å². The Hall–Kier alpha value is -3.58. The quantitative estimate of drug-likeness (QED) is 0.375. The summed E-state index contributed by atoms with van der Waals surface area (Å²) in [5.41, 5.74) is 3.78. The second-order valence-corrected chi connectivity index (χ2v) is 8.20. The first-order valence-corrected chi connectivity index (χ1v) is 11.2. The third-order valence-electron chi connectivity index (χ3n) is 5.12. The Morgan fingerprint density at radius 3 is 2.38 bits per heavy atom. The van der Waals surface area contributed by atoms with Gasteiger partial charge >= 0.3 is 0 Å². The van der Waals surface area contributed by atoms with Gasteiger partial charge in [-0.15, -0.1) is 10.2 Å². The molecule has 6 nitrogen and oxygen atoms in total. The van der Waals surface area contributed by atoms with Gasteiger partial charge in [0.1, 0.15) is 5.75 Å². The number of rotatable bonds is 7. The van der Waals surface area contributed by atoms with E-state index in [4.69, 9.17) is 4.74 Å². The second-order valence-electron chi connectivity index (χ2n) is 7.25. The van der Waals surface area contributed by atoms with Gasteiger partial charge < -0.3 is 9.64 Å². The van der Waals surface area contributed by atoms with Crippen molar-refractivity contribution in [3.8, 4) is 22.8 Å². The fourth-order valence-electron chi connectivity index (χ4n) is 3.31. The summed E-state index contributed by atoms with van der Waals surface area (Å²) in [7, 11) is 3.42. The van der Waals surface area contributed by atoms with Gasteiger partial charge in [0.2, 0.25) is 5.91 Å². The van der Waals surface area contributed by atoms with Crippen LogP contribution in [0.15, 0.2) is 84.0 Å². The van der Waals surface area contributed by atoms with Crippen molar-refractivity contribution in [2.45, 2.75) is 12.1 Å². The number of ether oxygens (including phenoxy) is 1. The van der Waals surface area contributed by atoms with Crippen LogP contribution in [0.1, 0.15) is 5.56 Å². The normalized spacial score (nSPS) is 10.7. The van der Waals surface area contributed by atoms with Crippen LogP contribution in [-0.2, 0) is 4.79 Å². The summed E-state index contributed by atoms with van der Waals surface area (Å²) in [4.78, 5) is 14.5. The molecule has 0 saturated carbocycles. The number of carbonyl (C=O) groups is 1. The number of benzene rings is 3. The number of hydrogen-bond donors (Lipinski definition) is 0. The Labute approximate surface area is 191 Å². The van der Waals surface area contributed by atoms with Gasteiger partial charge in [-0.3, -0.25) is 9.36 Å². The smallest absolute Gasteiger partial charge is 0.237 e. The molecule has 1 aromatic heterocycles. The van der Waals surface area contributed by atoms with Gasteiger partial charge in [-0.05, 0) is 43.3 Å². The number of hydrogen-bond acceptors (Lipinski definition) is 5. The topological polar surface area (TPSA) is 60.3 Å². The molecule has 0 saturated heterocycles. The van der Waals surface area contributed by atoms with Gasteiger partial charge in [0.05, 0.1) is 18.4 Å². The van der Waals surface area contributed by atoms with E-state index in [0.29, 0.717) is 16.7 Å². The molecule has 0 aliphatic rings. The van der Waals surface area contributed by atoms with E-state index in [2.05, 4.69) is 10.2 Å². The molecule has 0 aliphatic heterocycles. The van der Waals surface area contributed by atoms with Crippen molar-refractivity contribution < 1.29 is 9.53 Å². The molecule has 0 aliphatic carbocycles. The van der Waals surface area contributed by atoms with Gasteiger partial charge in [0, 0.05) is 18.4 Å². The molecule has 7 heteroatoms. The van der Waals surface area contributed by atoms with Crippen LogP contribution in [0.4, 0.5) is 5.69 Å². The fourth-order valence-corrected chi connectivity index (χ4v) is 4.18. The lowest BCUT2D eigenvalue weighted by atomic mass is 10.1. The molecule has 4 aromatic rings. The van der Waals surface area contributed by atoms with Crippen molar-refractivity contribution in [3.05, 3.63) is 84.4 Å². The summed E-state index contributed by atoms with van der Waals surface area (Å²) >= 11 is 1.36. The maximum Gasteiger partial charge on any atom is 0.237 e. The lowest BCUT2D eigenvalue weighted by Gasteiger charge is -2.17. The van der Waals surface area contributed by atoms with Crippen LogP contribution in [-0.4, -0.2) is 40.6 Å². The van der Waals surface area contributed by atoms with Crippen molar-refractivity contribution in [2.24, 2.45) is 0 Å².